The van der Waals surface area contributed by atoms with Crippen LogP contribution in [0.3, 0.4) is 0 Å². The summed E-state index contributed by atoms with van der Waals surface area (Å²) in [6.45, 7) is 8.89. The standard InChI is InChI=1S/C17H26O6.C3H4O2/c1-3-4-5-6-7-8-10-13-16(2)18-20-22-23-21-19-17-14-11-9-12-15-17;1-2-3(4)5/h9,11-12,14-15H,2-8,10,13H2,1H3;2H,1H2,(H,4,5). The van der Waals surface area contributed by atoms with Crippen LogP contribution in [-0.4, -0.2) is 11.1 Å². The molecule has 0 aromatic heterocycles. The largest absolute Gasteiger partial charge is 0.478 e. The molecule has 0 aliphatic rings. The number of aliphatic carboxylic acids is 1. The third-order valence-corrected chi connectivity index (χ3v) is 3.34. The van der Waals surface area contributed by atoms with Gasteiger partial charge in [0, 0.05) is 32.6 Å². The third kappa shape index (κ3) is 18.4. The van der Waals surface area contributed by atoms with Crippen molar-refractivity contribution in [2.24, 2.45) is 0 Å². The van der Waals surface area contributed by atoms with Gasteiger partial charge in [0.05, 0.1) is 0 Å². The maximum atomic E-state index is 9.25. The van der Waals surface area contributed by atoms with Crippen molar-refractivity contribution in [3.05, 3.63) is 55.3 Å². The van der Waals surface area contributed by atoms with E-state index in [-0.39, 0.29) is 0 Å². The minimum absolute atomic E-state index is 0.459. The van der Waals surface area contributed by atoms with Crippen molar-refractivity contribution in [2.75, 3.05) is 0 Å². The summed E-state index contributed by atoms with van der Waals surface area (Å²) in [7, 11) is 0. The molecular weight excluding hydrogens is 368 g/mol. The first-order chi connectivity index (χ1) is 13.6. The number of carboxylic acid groups (broad SMARTS) is 1. The number of para-hydroxylation sites is 1. The molecule has 0 spiro atoms. The van der Waals surface area contributed by atoms with E-state index in [0.717, 1.165) is 18.9 Å². The first kappa shape index (κ1) is 25.6. The quantitative estimate of drug-likeness (QED) is 0.126. The Morgan fingerprint density at radius 3 is 2.14 bits per heavy atom. The second-order valence-electron chi connectivity index (χ2n) is 5.70. The lowest BCUT2D eigenvalue weighted by molar-refractivity contribution is -0.741. The molecule has 158 valence electrons. The SMILES string of the molecule is C=C(CCCCCCCCC)OOOOOOc1ccccc1.C=CC(=O)O. The highest BCUT2D eigenvalue weighted by atomic mass is 17.8. The predicted octanol–water partition coefficient (Wildman–Crippen LogP) is 5.63. The second kappa shape index (κ2) is 19.4. The Kier molecular flexibility index (Phi) is 17.7. The minimum Gasteiger partial charge on any atom is -0.478 e. The molecule has 0 saturated heterocycles. The molecule has 0 aliphatic carbocycles. The average Bonchev–Trinajstić information content (AvgIpc) is 2.71. The van der Waals surface area contributed by atoms with E-state index in [2.05, 4.69) is 40.2 Å². The van der Waals surface area contributed by atoms with E-state index in [4.69, 9.17) is 14.9 Å². The summed E-state index contributed by atoms with van der Waals surface area (Å²) in [5.41, 5.74) is 0. The second-order valence-corrected chi connectivity index (χ2v) is 5.70. The van der Waals surface area contributed by atoms with Gasteiger partial charge in [-0.25, -0.2) is 4.79 Å². The molecule has 0 aliphatic heterocycles. The molecule has 0 radical (unpaired) electrons. The number of carbonyl (C=O) groups is 1. The summed E-state index contributed by atoms with van der Waals surface area (Å²) in [5, 5.41) is 24.5. The van der Waals surface area contributed by atoms with Gasteiger partial charge in [0.1, 0.15) is 5.76 Å². The van der Waals surface area contributed by atoms with Crippen LogP contribution in [0.4, 0.5) is 0 Å². The molecule has 0 amide bonds. The normalized spacial score (nSPS) is 9.75. The van der Waals surface area contributed by atoms with Gasteiger partial charge in [0.25, 0.3) is 0 Å². The van der Waals surface area contributed by atoms with Gasteiger partial charge >= 0.3 is 5.97 Å². The average molecular weight is 398 g/mol. The van der Waals surface area contributed by atoms with E-state index < -0.39 is 5.97 Å². The Labute approximate surface area is 165 Å². The smallest absolute Gasteiger partial charge is 0.327 e. The zero-order valence-electron chi connectivity index (χ0n) is 16.3. The van der Waals surface area contributed by atoms with Crippen LogP contribution in [0.2, 0.25) is 0 Å². The number of benzene rings is 1. The maximum absolute atomic E-state index is 9.25. The van der Waals surface area contributed by atoms with Crippen molar-refractivity contribution in [1.29, 1.82) is 0 Å². The fourth-order valence-electron chi connectivity index (χ4n) is 1.93. The minimum atomic E-state index is -0.981. The van der Waals surface area contributed by atoms with Crippen molar-refractivity contribution in [3.8, 4) is 5.75 Å². The molecule has 0 bridgehead atoms. The van der Waals surface area contributed by atoms with Crippen molar-refractivity contribution < 1.29 is 39.8 Å². The Bertz CT molecular complexity index is 518. The van der Waals surface area contributed by atoms with E-state index in [9.17, 15) is 4.79 Å². The fraction of sp³-hybridized carbons (Fsp3) is 0.450. The van der Waals surface area contributed by atoms with Crippen LogP contribution in [0.25, 0.3) is 0 Å². The summed E-state index contributed by atoms with van der Waals surface area (Å²) < 4.78 is 0. The zero-order chi connectivity index (χ0) is 20.9. The molecule has 0 unspecified atom stereocenters. The fourth-order valence-corrected chi connectivity index (χ4v) is 1.93. The van der Waals surface area contributed by atoms with Crippen LogP contribution in [-0.2, 0) is 29.8 Å². The third-order valence-electron chi connectivity index (χ3n) is 3.34. The molecular formula is C20H30O8. The van der Waals surface area contributed by atoms with Crippen LogP contribution in [0.1, 0.15) is 58.3 Å². The number of hydrogen-bond donors (Lipinski definition) is 1. The summed E-state index contributed by atoms with van der Waals surface area (Å²) >= 11 is 0. The van der Waals surface area contributed by atoms with Crippen LogP contribution < -0.4 is 4.89 Å². The summed E-state index contributed by atoms with van der Waals surface area (Å²) in [6.07, 6.45) is 10.1. The predicted molar refractivity (Wildman–Crippen MR) is 102 cm³/mol. The molecule has 8 heteroatoms. The Morgan fingerprint density at radius 1 is 0.964 bits per heavy atom. The van der Waals surface area contributed by atoms with Gasteiger partial charge in [-0.05, 0) is 18.6 Å². The first-order valence-electron chi connectivity index (χ1n) is 9.19. The Morgan fingerprint density at radius 2 is 1.54 bits per heavy atom. The lowest BCUT2D eigenvalue weighted by atomic mass is 10.1. The van der Waals surface area contributed by atoms with Gasteiger partial charge < -0.3 is 14.9 Å². The zero-order valence-corrected chi connectivity index (χ0v) is 16.3. The number of carboxylic acids is 1. The van der Waals surface area contributed by atoms with Gasteiger partial charge in [-0.15, -0.1) is 0 Å². The summed E-state index contributed by atoms with van der Waals surface area (Å²) in [6, 6.07) is 8.79. The Balaban J connectivity index is 0.00000129. The summed E-state index contributed by atoms with van der Waals surface area (Å²) in [4.78, 5) is 18.7. The van der Waals surface area contributed by atoms with E-state index in [1.165, 1.54) is 32.1 Å². The van der Waals surface area contributed by atoms with Gasteiger partial charge in [-0.1, -0.05) is 76.8 Å². The lowest BCUT2D eigenvalue weighted by Crippen LogP contribution is -2.02. The van der Waals surface area contributed by atoms with E-state index >= 15 is 0 Å². The van der Waals surface area contributed by atoms with Crippen molar-refractivity contribution in [1.82, 2.24) is 0 Å². The molecule has 1 aromatic rings. The van der Waals surface area contributed by atoms with Gasteiger partial charge in [0.15, 0.2) is 5.75 Å². The highest BCUT2D eigenvalue weighted by Crippen LogP contribution is 2.13. The Hall–Kier alpha value is -2.39. The maximum Gasteiger partial charge on any atom is 0.327 e. The van der Waals surface area contributed by atoms with Gasteiger partial charge in [0.2, 0.25) is 0 Å². The van der Waals surface area contributed by atoms with Crippen LogP contribution in [0, 0.1) is 0 Å². The van der Waals surface area contributed by atoms with E-state index in [1.807, 2.05) is 6.07 Å². The number of allylic oxidation sites excluding steroid dienone is 1. The van der Waals surface area contributed by atoms with Crippen LogP contribution in [0.5, 0.6) is 5.75 Å². The van der Waals surface area contributed by atoms with Crippen molar-refractivity contribution >= 4 is 5.97 Å². The monoisotopic (exact) mass is 398 g/mol. The highest BCUT2D eigenvalue weighted by Gasteiger charge is 2.00. The first-order valence-corrected chi connectivity index (χ1v) is 9.19. The molecule has 0 atom stereocenters. The van der Waals surface area contributed by atoms with Crippen LogP contribution >= 0.6 is 0 Å². The topological polar surface area (TPSA) is 92.7 Å². The van der Waals surface area contributed by atoms with E-state index in [1.54, 1.807) is 24.3 Å². The molecule has 0 heterocycles. The molecule has 1 aromatic carbocycles. The number of hydrogen-bond acceptors (Lipinski definition) is 7. The molecule has 1 N–H and O–H groups in total. The molecule has 8 nitrogen and oxygen atoms in total. The number of unbranched alkanes of at least 4 members (excludes halogenated alkanes) is 6. The lowest BCUT2D eigenvalue weighted by Gasteiger charge is -2.05. The molecule has 28 heavy (non-hydrogen) atoms. The number of rotatable bonds is 16. The molecule has 0 fully saturated rings. The van der Waals surface area contributed by atoms with Crippen LogP contribution in [0.15, 0.2) is 55.3 Å². The van der Waals surface area contributed by atoms with Gasteiger partial charge in [-0.3, -0.25) is 0 Å². The molecule has 0 saturated carbocycles. The summed E-state index contributed by atoms with van der Waals surface area (Å²) in [5.74, 6) is -0.0588. The van der Waals surface area contributed by atoms with Crippen molar-refractivity contribution in [2.45, 2.75) is 58.3 Å². The highest BCUT2D eigenvalue weighted by molar-refractivity contribution is 5.78. The van der Waals surface area contributed by atoms with Gasteiger partial charge in [-0.2, -0.15) is 0 Å². The van der Waals surface area contributed by atoms with E-state index in [0.29, 0.717) is 17.9 Å². The van der Waals surface area contributed by atoms with Crippen molar-refractivity contribution in [3.63, 3.8) is 0 Å². The molecule has 1 rings (SSSR count).